The largest absolute Gasteiger partial charge is 0.480 e. The smallest absolute Gasteiger partial charge is 0.325 e. The number of anilines is 1. The van der Waals surface area contributed by atoms with Crippen LogP contribution in [0.15, 0.2) is 24.3 Å². The molecule has 0 heterocycles. The fraction of sp³-hybridized carbons (Fsp3) is 0.357. The summed E-state index contributed by atoms with van der Waals surface area (Å²) in [7, 11) is 0. The molecule has 0 aliphatic carbocycles. The highest BCUT2D eigenvalue weighted by atomic mass is 16.4. The maximum atomic E-state index is 11.7. The van der Waals surface area contributed by atoms with Gasteiger partial charge in [-0.1, -0.05) is 6.92 Å². The van der Waals surface area contributed by atoms with Crippen LogP contribution in [0.1, 0.15) is 37.0 Å². The molecule has 0 aliphatic heterocycles. The number of benzene rings is 1. The molecule has 6 nitrogen and oxygen atoms in total. The molecule has 0 aromatic heterocycles. The highest BCUT2D eigenvalue weighted by Gasteiger charge is 2.15. The van der Waals surface area contributed by atoms with Crippen molar-refractivity contribution in [1.29, 1.82) is 0 Å². The average molecular weight is 278 g/mol. The van der Waals surface area contributed by atoms with E-state index in [0.717, 1.165) is 6.42 Å². The number of nitrogens with one attached hydrogen (secondary N) is 2. The zero-order valence-electron chi connectivity index (χ0n) is 11.5. The van der Waals surface area contributed by atoms with Crippen molar-refractivity contribution in [3.8, 4) is 0 Å². The topological polar surface area (TPSA) is 95.5 Å². The van der Waals surface area contributed by atoms with Crippen LogP contribution in [0.4, 0.5) is 5.69 Å². The van der Waals surface area contributed by atoms with Gasteiger partial charge < -0.3 is 15.7 Å². The minimum Gasteiger partial charge on any atom is -0.480 e. The summed E-state index contributed by atoms with van der Waals surface area (Å²) in [5, 5.41) is 13.8. The minimum absolute atomic E-state index is 0.0794. The van der Waals surface area contributed by atoms with E-state index in [-0.39, 0.29) is 5.91 Å². The van der Waals surface area contributed by atoms with Crippen LogP contribution >= 0.6 is 0 Å². The number of carboxylic acid groups (broad SMARTS) is 1. The maximum absolute atomic E-state index is 11.7. The molecule has 0 fully saturated rings. The second-order valence-electron chi connectivity index (χ2n) is 4.41. The van der Waals surface area contributed by atoms with Gasteiger partial charge in [0.25, 0.3) is 5.91 Å². The van der Waals surface area contributed by atoms with Crippen LogP contribution in [-0.2, 0) is 9.59 Å². The van der Waals surface area contributed by atoms with Crippen molar-refractivity contribution in [2.45, 2.75) is 32.7 Å². The molecule has 2 amide bonds. The lowest BCUT2D eigenvalue weighted by Crippen LogP contribution is -2.38. The van der Waals surface area contributed by atoms with Gasteiger partial charge in [-0.3, -0.25) is 14.4 Å². The van der Waals surface area contributed by atoms with Crippen LogP contribution in [0.3, 0.4) is 0 Å². The lowest BCUT2D eigenvalue weighted by Gasteiger charge is -2.10. The van der Waals surface area contributed by atoms with Gasteiger partial charge in [0.05, 0.1) is 0 Å². The van der Waals surface area contributed by atoms with Gasteiger partial charge in [0, 0.05) is 17.7 Å². The number of carbonyl (C=O) groups is 3. The molecule has 1 aromatic rings. The number of carbonyl (C=O) groups excluding carboxylic acids is 2. The van der Waals surface area contributed by atoms with Crippen molar-refractivity contribution in [2.24, 2.45) is 0 Å². The van der Waals surface area contributed by atoms with Crippen molar-refractivity contribution in [3.63, 3.8) is 0 Å². The third kappa shape index (κ3) is 4.72. The van der Waals surface area contributed by atoms with Gasteiger partial charge in [-0.05, 0) is 37.6 Å². The third-order valence-corrected chi connectivity index (χ3v) is 2.63. The molecule has 1 rings (SSSR count). The Labute approximate surface area is 117 Å². The van der Waals surface area contributed by atoms with Crippen LogP contribution in [0.25, 0.3) is 0 Å². The van der Waals surface area contributed by atoms with Crippen LogP contribution in [0.2, 0.25) is 0 Å². The Kier molecular flexibility index (Phi) is 5.71. The summed E-state index contributed by atoms with van der Waals surface area (Å²) in [5.41, 5.74) is 0.942. The zero-order valence-corrected chi connectivity index (χ0v) is 11.5. The molecule has 3 N–H and O–H groups in total. The van der Waals surface area contributed by atoms with E-state index in [1.165, 1.54) is 19.1 Å². The van der Waals surface area contributed by atoms with Gasteiger partial charge >= 0.3 is 5.97 Å². The van der Waals surface area contributed by atoms with Crippen LogP contribution < -0.4 is 10.6 Å². The monoisotopic (exact) mass is 278 g/mol. The molecular formula is C14H18N2O4. The van der Waals surface area contributed by atoms with Crippen LogP contribution in [0.5, 0.6) is 0 Å². The number of rotatable bonds is 6. The number of hydrogen-bond acceptors (Lipinski definition) is 3. The molecule has 108 valence electrons. The minimum atomic E-state index is -1.10. The Bertz CT molecular complexity index is 496. The second kappa shape index (κ2) is 7.28. The van der Waals surface area contributed by atoms with Gasteiger partial charge in [0.1, 0.15) is 6.04 Å². The Morgan fingerprint density at radius 2 is 1.80 bits per heavy atom. The summed E-state index contributed by atoms with van der Waals surface area (Å²) in [6.07, 6.45) is 1.21. The van der Waals surface area contributed by atoms with E-state index in [0.29, 0.717) is 17.7 Å². The molecule has 0 saturated carbocycles. The third-order valence-electron chi connectivity index (χ3n) is 2.63. The molecule has 0 aliphatic rings. The summed E-state index contributed by atoms with van der Waals surface area (Å²) in [6.45, 7) is 3.30. The fourth-order valence-corrected chi connectivity index (χ4v) is 1.50. The Morgan fingerprint density at radius 1 is 1.20 bits per heavy atom. The van der Waals surface area contributed by atoms with Crippen molar-refractivity contribution in [2.75, 3.05) is 5.32 Å². The Morgan fingerprint density at radius 3 is 2.30 bits per heavy atom. The molecule has 0 bridgehead atoms. The lowest BCUT2D eigenvalue weighted by atomic mass is 10.1. The van der Waals surface area contributed by atoms with Gasteiger partial charge in [-0.25, -0.2) is 0 Å². The van der Waals surface area contributed by atoms with Gasteiger partial charge in [0.2, 0.25) is 5.91 Å². The van der Waals surface area contributed by atoms with E-state index in [2.05, 4.69) is 10.6 Å². The number of hydrogen-bond donors (Lipinski definition) is 3. The fourth-order valence-electron chi connectivity index (χ4n) is 1.50. The van der Waals surface area contributed by atoms with E-state index < -0.39 is 17.9 Å². The standard InChI is InChI=1S/C14H18N2O4/c1-3-4-12(17)16-11-7-5-10(6-8-11)13(18)15-9(2)14(19)20/h5-9H,3-4H2,1-2H3,(H,15,18)(H,16,17)(H,19,20). The highest BCUT2D eigenvalue weighted by molar-refractivity contribution is 5.97. The average Bonchev–Trinajstić information content (AvgIpc) is 2.39. The van der Waals surface area contributed by atoms with Crippen molar-refractivity contribution in [3.05, 3.63) is 29.8 Å². The maximum Gasteiger partial charge on any atom is 0.325 e. The first-order valence-corrected chi connectivity index (χ1v) is 6.37. The van der Waals surface area contributed by atoms with E-state index >= 15 is 0 Å². The van der Waals surface area contributed by atoms with E-state index in [1.807, 2.05) is 6.92 Å². The second-order valence-corrected chi connectivity index (χ2v) is 4.41. The first-order valence-electron chi connectivity index (χ1n) is 6.37. The van der Waals surface area contributed by atoms with Crippen molar-refractivity contribution in [1.82, 2.24) is 5.32 Å². The summed E-state index contributed by atoms with van der Waals surface area (Å²) in [6, 6.07) is 5.32. The first kappa shape index (κ1) is 15.7. The van der Waals surface area contributed by atoms with Gasteiger partial charge in [0.15, 0.2) is 0 Å². The van der Waals surface area contributed by atoms with Crippen molar-refractivity contribution < 1.29 is 19.5 Å². The number of aliphatic carboxylic acids is 1. The lowest BCUT2D eigenvalue weighted by molar-refractivity contribution is -0.138. The van der Waals surface area contributed by atoms with E-state index in [1.54, 1.807) is 12.1 Å². The van der Waals surface area contributed by atoms with Gasteiger partial charge in [-0.2, -0.15) is 0 Å². The molecule has 20 heavy (non-hydrogen) atoms. The molecule has 0 radical (unpaired) electrons. The highest BCUT2D eigenvalue weighted by Crippen LogP contribution is 2.10. The van der Waals surface area contributed by atoms with Crippen LogP contribution in [-0.4, -0.2) is 28.9 Å². The predicted molar refractivity (Wildman–Crippen MR) is 74.5 cm³/mol. The molecule has 6 heteroatoms. The molecule has 1 aromatic carbocycles. The molecule has 1 atom stereocenters. The van der Waals surface area contributed by atoms with Crippen LogP contribution in [0, 0.1) is 0 Å². The Balaban J connectivity index is 2.64. The summed E-state index contributed by atoms with van der Waals surface area (Å²) in [4.78, 5) is 33.8. The Hall–Kier alpha value is -2.37. The van der Waals surface area contributed by atoms with E-state index in [4.69, 9.17) is 5.11 Å². The SMILES string of the molecule is CCCC(=O)Nc1ccc(C(=O)NC(C)C(=O)O)cc1. The quantitative estimate of drug-likeness (QED) is 0.737. The summed E-state index contributed by atoms with van der Waals surface area (Å²) in [5.74, 6) is -1.64. The predicted octanol–water partition coefficient (Wildman–Crippen LogP) is 1.63. The first-order chi connectivity index (χ1) is 9.43. The molecule has 0 spiro atoms. The normalized spacial score (nSPS) is 11.5. The molecule has 1 unspecified atom stereocenters. The van der Waals surface area contributed by atoms with Gasteiger partial charge in [-0.15, -0.1) is 0 Å². The van der Waals surface area contributed by atoms with Crippen molar-refractivity contribution >= 4 is 23.5 Å². The molecular weight excluding hydrogens is 260 g/mol. The number of amides is 2. The summed E-state index contributed by atoms with van der Waals surface area (Å²) < 4.78 is 0. The molecule has 0 saturated heterocycles. The van der Waals surface area contributed by atoms with E-state index in [9.17, 15) is 14.4 Å². The summed E-state index contributed by atoms with van der Waals surface area (Å²) >= 11 is 0. The number of carboxylic acids is 1. The zero-order chi connectivity index (χ0) is 15.1.